The van der Waals surface area contributed by atoms with Crippen molar-refractivity contribution in [3.8, 4) is 40.3 Å². The quantitative estimate of drug-likeness (QED) is 0.177. The molecule has 0 amide bonds. The molecule has 0 radical (unpaired) electrons. The minimum atomic E-state index is 0.373. The van der Waals surface area contributed by atoms with Crippen molar-refractivity contribution in [1.82, 2.24) is 13.7 Å². The number of hydrogen-bond donors (Lipinski definition) is 0. The van der Waals surface area contributed by atoms with Crippen molar-refractivity contribution < 1.29 is 4.42 Å². The van der Waals surface area contributed by atoms with E-state index in [4.69, 9.17) is 4.42 Å². The Labute approximate surface area is 376 Å². The van der Waals surface area contributed by atoms with Crippen LogP contribution in [0.15, 0.2) is 205 Å². The van der Waals surface area contributed by atoms with Gasteiger partial charge in [-0.15, -0.1) is 0 Å². The van der Waals surface area contributed by atoms with E-state index in [2.05, 4.69) is 196 Å². The normalized spacial score (nSPS) is 11.9. The molecule has 0 aliphatic carbocycles. The second-order valence-electron chi connectivity index (χ2n) is 17.0. The second-order valence-corrected chi connectivity index (χ2v) is 17.0. The standard InChI is InChI=1S/C60H33N5O/c61-34-46-57(65-52-27-13-7-21-43(52)44-31-32-54-56(58(44)65)45-22-8-14-28-53(45)66-54)47(35-62)60(64-50-25-11-5-19-41(50)42-20-6-12-26-51(42)64)55(38-30-29-36-15-1-2-16-37(36)33-38)59(46)63-48-23-9-3-17-39(48)40-18-4-10-24-49(40)63/h1-33H. The van der Waals surface area contributed by atoms with Crippen LogP contribution in [0.2, 0.25) is 0 Å². The van der Waals surface area contributed by atoms with E-state index in [1.807, 2.05) is 30.3 Å². The van der Waals surface area contributed by atoms with Crippen LogP contribution in [0.5, 0.6) is 0 Å². The Morgan fingerprint density at radius 3 is 1.32 bits per heavy atom. The van der Waals surface area contributed by atoms with Crippen LogP contribution >= 0.6 is 0 Å². The highest BCUT2D eigenvalue weighted by molar-refractivity contribution is 6.25. The molecule has 0 fully saturated rings. The molecule has 4 aromatic heterocycles. The molecule has 0 saturated carbocycles. The van der Waals surface area contributed by atoms with E-state index < -0.39 is 0 Å². The van der Waals surface area contributed by atoms with Gasteiger partial charge >= 0.3 is 0 Å². The van der Waals surface area contributed by atoms with Crippen molar-refractivity contribution in [1.29, 1.82) is 10.5 Å². The van der Waals surface area contributed by atoms with Crippen molar-refractivity contribution >= 4 is 98.1 Å². The van der Waals surface area contributed by atoms with Crippen molar-refractivity contribution in [2.24, 2.45) is 0 Å². The first kappa shape index (κ1) is 36.2. The van der Waals surface area contributed by atoms with E-state index >= 15 is 0 Å². The smallest absolute Gasteiger partial charge is 0.137 e. The number of fused-ring (bicyclic) bond motifs is 14. The Kier molecular flexibility index (Phi) is 7.43. The summed E-state index contributed by atoms with van der Waals surface area (Å²) in [7, 11) is 0. The number of benzene rings is 10. The minimum Gasteiger partial charge on any atom is -0.456 e. The lowest BCUT2D eigenvalue weighted by Crippen LogP contribution is -2.14. The lowest BCUT2D eigenvalue weighted by atomic mass is 9.90. The Morgan fingerprint density at radius 2 is 0.788 bits per heavy atom. The summed E-state index contributed by atoms with van der Waals surface area (Å²) >= 11 is 0. The zero-order valence-corrected chi connectivity index (χ0v) is 35.2. The van der Waals surface area contributed by atoms with Crippen LogP contribution in [0.1, 0.15) is 11.1 Å². The zero-order valence-electron chi connectivity index (χ0n) is 35.2. The molecule has 0 spiro atoms. The fourth-order valence-corrected chi connectivity index (χ4v) is 11.0. The Hall–Kier alpha value is -9.36. The molecule has 14 rings (SSSR count). The predicted octanol–water partition coefficient (Wildman–Crippen LogP) is 15.4. The van der Waals surface area contributed by atoms with Gasteiger partial charge in [-0.3, -0.25) is 0 Å². The molecule has 14 aromatic rings. The van der Waals surface area contributed by atoms with Gasteiger partial charge in [0.15, 0.2) is 0 Å². The molecule has 6 nitrogen and oxygen atoms in total. The van der Waals surface area contributed by atoms with E-state index in [0.717, 1.165) is 109 Å². The Balaban J connectivity index is 1.32. The molecule has 66 heavy (non-hydrogen) atoms. The molecule has 304 valence electrons. The van der Waals surface area contributed by atoms with Crippen molar-refractivity contribution in [2.45, 2.75) is 0 Å². The maximum Gasteiger partial charge on any atom is 0.137 e. The molecule has 0 atom stereocenters. The summed E-state index contributed by atoms with van der Waals surface area (Å²) < 4.78 is 13.3. The van der Waals surface area contributed by atoms with E-state index in [1.54, 1.807) is 0 Å². The third-order valence-corrected chi connectivity index (χ3v) is 13.7. The number of aromatic nitrogens is 3. The van der Waals surface area contributed by atoms with Crippen LogP contribution in [-0.2, 0) is 0 Å². The molecular formula is C60H33N5O. The van der Waals surface area contributed by atoms with Gasteiger partial charge in [0.1, 0.15) is 34.4 Å². The first-order valence-electron chi connectivity index (χ1n) is 22.1. The second kappa shape index (κ2) is 13.6. The molecule has 6 heteroatoms. The van der Waals surface area contributed by atoms with Crippen LogP contribution in [0.25, 0.3) is 126 Å². The molecule has 0 bridgehead atoms. The lowest BCUT2D eigenvalue weighted by Gasteiger charge is -2.26. The monoisotopic (exact) mass is 839 g/mol. The van der Waals surface area contributed by atoms with E-state index in [1.165, 1.54) is 0 Å². The van der Waals surface area contributed by atoms with Gasteiger partial charge in [-0.2, -0.15) is 10.5 Å². The summed E-state index contributed by atoms with van der Waals surface area (Å²) in [5.41, 5.74) is 11.3. The number of nitriles is 2. The Bertz CT molecular complexity index is 4240. The van der Waals surface area contributed by atoms with Crippen LogP contribution in [0.3, 0.4) is 0 Å². The number of furan rings is 1. The largest absolute Gasteiger partial charge is 0.456 e. The van der Waals surface area contributed by atoms with Crippen LogP contribution in [0.4, 0.5) is 0 Å². The maximum absolute atomic E-state index is 12.2. The van der Waals surface area contributed by atoms with Gasteiger partial charge in [-0.25, -0.2) is 0 Å². The third-order valence-electron chi connectivity index (χ3n) is 13.7. The molecular weight excluding hydrogens is 807 g/mol. The van der Waals surface area contributed by atoms with E-state index in [-0.39, 0.29) is 0 Å². The lowest BCUT2D eigenvalue weighted by molar-refractivity contribution is 0.669. The fourth-order valence-electron chi connectivity index (χ4n) is 11.0. The first-order chi connectivity index (χ1) is 32.7. The van der Waals surface area contributed by atoms with Gasteiger partial charge in [0.25, 0.3) is 0 Å². The highest BCUT2D eigenvalue weighted by Crippen LogP contribution is 2.50. The zero-order chi connectivity index (χ0) is 43.6. The summed E-state index contributed by atoms with van der Waals surface area (Å²) in [6, 6.07) is 74.8. The van der Waals surface area contributed by atoms with E-state index in [0.29, 0.717) is 28.2 Å². The molecule has 10 aromatic carbocycles. The molecule has 4 heterocycles. The summed E-state index contributed by atoms with van der Waals surface area (Å²) in [6.45, 7) is 0. The van der Waals surface area contributed by atoms with Crippen molar-refractivity contribution in [3.05, 3.63) is 211 Å². The van der Waals surface area contributed by atoms with Gasteiger partial charge in [0, 0.05) is 43.3 Å². The van der Waals surface area contributed by atoms with Gasteiger partial charge in [0.2, 0.25) is 0 Å². The van der Waals surface area contributed by atoms with Gasteiger partial charge in [-0.05, 0) is 70.9 Å². The molecule has 0 unspecified atom stereocenters. The SMILES string of the molecule is N#Cc1c(-n2c3ccccc3c3ccccc32)c(-c2ccc3ccccc3c2)c(-n2c3ccccc3c3ccccc32)c(C#N)c1-n1c2ccccc2c2ccc3oc4ccccc4c3c21. The van der Waals surface area contributed by atoms with Gasteiger partial charge < -0.3 is 18.1 Å². The highest BCUT2D eigenvalue weighted by Gasteiger charge is 2.33. The number of hydrogen-bond acceptors (Lipinski definition) is 3. The number of nitrogens with zero attached hydrogens (tertiary/aromatic N) is 5. The van der Waals surface area contributed by atoms with Gasteiger partial charge in [-0.1, -0.05) is 146 Å². The average Bonchev–Trinajstić information content (AvgIpc) is 4.12. The molecule has 0 aliphatic heterocycles. The van der Waals surface area contributed by atoms with Crippen molar-refractivity contribution in [2.75, 3.05) is 0 Å². The number of para-hydroxylation sites is 6. The minimum absolute atomic E-state index is 0.373. The first-order valence-corrected chi connectivity index (χ1v) is 22.1. The van der Waals surface area contributed by atoms with Crippen molar-refractivity contribution in [3.63, 3.8) is 0 Å². The molecule has 0 aliphatic rings. The van der Waals surface area contributed by atoms with Crippen LogP contribution in [-0.4, -0.2) is 13.7 Å². The maximum atomic E-state index is 12.2. The van der Waals surface area contributed by atoms with Crippen LogP contribution < -0.4 is 0 Å². The summed E-state index contributed by atoms with van der Waals surface area (Å²) in [5, 5.41) is 34.8. The topological polar surface area (TPSA) is 75.5 Å². The predicted molar refractivity (Wildman–Crippen MR) is 269 cm³/mol. The highest BCUT2D eigenvalue weighted by atomic mass is 16.3. The summed E-state index contributed by atoms with van der Waals surface area (Å²) in [6.07, 6.45) is 0. The molecule has 0 N–H and O–H groups in total. The van der Waals surface area contributed by atoms with Gasteiger partial charge in [0.05, 0.1) is 55.5 Å². The summed E-state index contributed by atoms with van der Waals surface area (Å²) in [5.74, 6) is 0. The van der Waals surface area contributed by atoms with E-state index in [9.17, 15) is 10.5 Å². The van der Waals surface area contributed by atoms with Crippen LogP contribution in [0, 0.1) is 22.7 Å². The summed E-state index contributed by atoms with van der Waals surface area (Å²) in [4.78, 5) is 0. The average molecular weight is 840 g/mol. The third kappa shape index (κ3) is 4.77. The molecule has 0 saturated heterocycles. The Morgan fingerprint density at radius 1 is 0.348 bits per heavy atom. The number of rotatable bonds is 4. The fraction of sp³-hybridized carbons (Fsp3) is 0.